The predicted molar refractivity (Wildman–Crippen MR) is 115 cm³/mol. The minimum atomic E-state index is 0.217. The van der Waals surface area contributed by atoms with Crippen molar-refractivity contribution in [1.82, 2.24) is 15.0 Å². The van der Waals surface area contributed by atoms with Crippen molar-refractivity contribution in [3.05, 3.63) is 71.5 Å². The van der Waals surface area contributed by atoms with Crippen molar-refractivity contribution >= 4 is 11.6 Å². The Morgan fingerprint density at radius 3 is 2.38 bits per heavy atom. The standard InChI is InChI=1S/C24H26N4O/c1-18(29)7-6-10-21-17-23(27-24(26-21)22-11-4-5-14-25-22)28-15-12-19-8-2-3-9-20(19)13-16-28/h2-5,8-9,11,14,17H,6-7,10,12-13,15-16H2,1H3. The average molecular weight is 386 g/mol. The van der Waals surface area contributed by atoms with Gasteiger partial charge in [-0.05, 0) is 55.9 Å². The zero-order valence-electron chi connectivity index (χ0n) is 16.8. The first-order valence-corrected chi connectivity index (χ1v) is 10.3. The lowest BCUT2D eigenvalue weighted by molar-refractivity contribution is -0.117. The number of Topliss-reactive ketones (excluding diaryl/α,β-unsaturated/α-hetero) is 1. The summed E-state index contributed by atoms with van der Waals surface area (Å²) in [7, 11) is 0. The van der Waals surface area contributed by atoms with Crippen molar-refractivity contribution in [2.75, 3.05) is 18.0 Å². The Bertz CT molecular complexity index is 960. The van der Waals surface area contributed by atoms with Gasteiger partial charge < -0.3 is 9.69 Å². The van der Waals surface area contributed by atoms with Crippen LogP contribution in [0.2, 0.25) is 0 Å². The number of hydrogen-bond acceptors (Lipinski definition) is 5. The second kappa shape index (κ2) is 8.95. The predicted octanol–water partition coefficient (Wildman–Crippen LogP) is 4.06. The maximum Gasteiger partial charge on any atom is 0.180 e. The molecule has 0 amide bonds. The molecule has 1 aromatic carbocycles. The van der Waals surface area contributed by atoms with E-state index in [2.05, 4.69) is 40.2 Å². The lowest BCUT2D eigenvalue weighted by Gasteiger charge is -2.22. The van der Waals surface area contributed by atoms with Crippen LogP contribution < -0.4 is 4.90 Å². The van der Waals surface area contributed by atoms with Gasteiger partial charge in [0.25, 0.3) is 0 Å². The van der Waals surface area contributed by atoms with Gasteiger partial charge in [-0.15, -0.1) is 0 Å². The molecular weight excluding hydrogens is 360 g/mol. The molecule has 0 bridgehead atoms. The van der Waals surface area contributed by atoms with Crippen molar-refractivity contribution < 1.29 is 4.79 Å². The van der Waals surface area contributed by atoms with Crippen LogP contribution in [0.25, 0.3) is 11.5 Å². The lowest BCUT2D eigenvalue weighted by Crippen LogP contribution is -2.27. The first-order chi connectivity index (χ1) is 14.2. The molecule has 148 valence electrons. The number of carbonyl (C=O) groups is 1. The third-order valence-corrected chi connectivity index (χ3v) is 5.37. The van der Waals surface area contributed by atoms with Crippen LogP contribution >= 0.6 is 0 Å². The molecule has 0 saturated carbocycles. The van der Waals surface area contributed by atoms with Gasteiger partial charge in [0.15, 0.2) is 5.82 Å². The van der Waals surface area contributed by atoms with Crippen LogP contribution in [0.1, 0.15) is 36.6 Å². The summed E-state index contributed by atoms with van der Waals surface area (Å²) >= 11 is 0. The molecule has 3 heterocycles. The van der Waals surface area contributed by atoms with Crippen molar-refractivity contribution in [1.29, 1.82) is 0 Å². The van der Waals surface area contributed by atoms with E-state index < -0.39 is 0 Å². The van der Waals surface area contributed by atoms with E-state index >= 15 is 0 Å². The second-order valence-electron chi connectivity index (χ2n) is 7.57. The van der Waals surface area contributed by atoms with Gasteiger partial charge in [0.1, 0.15) is 17.3 Å². The zero-order chi connectivity index (χ0) is 20.1. The van der Waals surface area contributed by atoms with E-state index in [-0.39, 0.29) is 5.78 Å². The molecule has 0 aliphatic carbocycles. The van der Waals surface area contributed by atoms with E-state index in [1.165, 1.54) is 11.1 Å². The number of aryl methyl sites for hydroxylation is 1. The number of nitrogens with zero attached hydrogens (tertiary/aromatic N) is 4. The number of aromatic nitrogens is 3. The number of rotatable bonds is 6. The highest BCUT2D eigenvalue weighted by Gasteiger charge is 2.17. The van der Waals surface area contributed by atoms with Gasteiger partial charge in [0.05, 0.1) is 0 Å². The van der Waals surface area contributed by atoms with E-state index in [1.54, 1.807) is 13.1 Å². The molecule has 4 rings (SSSR count). The molecular formula is C24H26N4O. The fourth-order valence-electron chi connectivity index (χ4n) is 3.80. The number of hydrogen-bond donors (Lipinski definition) is 0. The Hall–Kier alpha value is -3.08. The van der Waals surface area contributed by atoms with Crippen molar-refractivity contribution in [2.45, 2.75) is 39.0 Å². The quantitative estimate of drug-likeness (QED) is 0.639. The van der Waals surface area contributed by atoms with Gasteiger partial charge in [0, 0.05) is 37.5 Å². The lowest BCUT2D eigenvalue weighted by atomic mass is 10.0. The summed E-state index contributed by atoms with van der Waals surface area (Å²) in [6.45, 7) is 3.50. The van der Waals surface area contributed by atoms with Crippen LogP contribution in [0, 0.1) is 0 Å². The largest absolute Gasteiger partial charge is 0.356 e. The monoisotopic (exact) mass is 386 g/mol. The Morgan fingerprint density at radius 1 is 1.00 bits per heavy atom. The number of anilines is 1. The molecule has 0 spiro atoms. The molecule has 0 saturated heterocycles. The van der Waals surface area contributed by atoms with Crippen LogP contribution in [0.3, 0.4) is 0 Å². The highest BCUT2D eigenvalue weighted by atomic mass is 16.1. The maximum absolute atomic E-state index is 11.3. The molecule has 5 heteroatoms. The normalized spacial score (nSPS) is 13.6. The number of ketones is 1. The third kappa shape index (κ3) is 4.86. The van der Waals surface area contributed by atoms with Gasteiger partial charge in [-0.3, -0.25) is 4.98 Å². The number of fused-ring (bicyclic) bond motifs is 1. The summed E-state index contributed by atoms with van der Waals surface area (Å²) in [5.74, 6) is 1.82. The van der Waals surface area contributed by atoms with Crippen molar-refractivity contribution in [3.8, 4) is 11.5 Å². The molecule has 0 N–H and O–H groups in total. The molecule has 29 heavy (non-hydrogen) atoms. The van der Waals surface area contributed by atoms with Crippen LogP contribution in [0.15, 0.2) is 54.7 Å². The minimum absolute atomic E-state index is 0.217. The summed E-state index contributed by atoms with van der Waals surface area (Å²) in [6, 6.07) is 16.6. The van der Waals surface area contributed by atoms with Crippen LogP contribution in [0.4, 0.5) is 5.82 Å². The molecule has 1 aliphatic rings. The van der Waals surface area contributed by atoms with E-state index in [1.807, 2.05) is 18.2 Å². The molecule has 0 fully saturated rings. The number of pyridine rings is 1. The average Bonchev–Trinajstić information content (AvgIpc) is 2.97. The van der Waals surface area contributed by atoms with Crippen LogP contribution in [-0.4, -0.2) is 33.8 Å². The third-order valence-electron chi connectivity index (χ3n) is 5.37. The molecule has 1 aliphatic heterocycles. The summed E-state index contributed by atoms with van der Waals surface area (Å²) in [4.78, 5) is 27.7. The van der Waals surface area contributed by atoms with E-state index in [0.717, 1.165) is 56.0 Å². The van der Waals surface area contributed by atoms with Gasteiger partial charge >= 0.3 is 0 Å². The molecule has 0 radical (unpaired) electrons. The highest BCUT2D eigenvalue weighted by molar-refractivity contribution is 5.75. The summed E-state index contributed by atoms with van der Waals surface area (Å²) in [6.07, 6.45) is 5.94. The van der Waals surface area contributed by atoms with Crippen LogP contribution in [0.5, 0.6) is 0 Å². The van der Waals surface area contributed by atoms with Crippen molar-refractivity contribution in [2.24, 2.45) is 0 Å². The van der Waals surface area contributed by atoms with E-state index in [0.29, 0.717) is 12.2 Å². The molecule has 3 aromatic rings. The fraction of sp³-hybridized carbons (Fsp3) is 0.333. The van der Waals surface area contributed by atoms with Crippen molar-refractivity contribution in [3.63, 3.8) is 0 Å². The fourth-order valence-corrected chi connectivity index (χ4v) is 3.80. The Balaban J connectivity index is 1.62. The van der Waals surface area contributed by atoms with E-state index in [4.69, 9.17) is 9.97 Å². The summed E-state index contributed by atoms with van der Waals surface area (Å²) in [5, 5.41) is 0. The minimum Gasteiger partial charge on any atom is -0.356 e. The molecule has 5 nitrogen and oxygen atoms in total. The van der Waals surface area contributed by atoms with Gasteiger partial charge in [-0.25, -0.2) is 9.97 Å². The highest BCUT2D eigenvalue weighted by Crippen LogP contribution is 2.23. The number of benzene rings is 1. The molecule has 0 atom stereocenters. The van der Waals surface area contributed by atoms with E-state index in [9.17, 15) is 4.79 Å². The first kappa shape index (κ1) is 19.2. The second-order valence-corrected chi connectivity index (χ2v) is 7.57. The summed E-state index contributed by atoms with van der Waals surface area (Å²) in [5.41, 5.74) is 4.60. The first-order valence-electron chi connectivity index (χ1n) is 10.3. The summed E-state index contributed by atoms with van der Waals surface area (Å²) < 4.78 is 0. The molecule has 0 unspecified atom stereocenters. The van der Waals surface area contributed by atoms with Gasteiger partial charge in [-0.2, -0.15) is 0 Å². The Labute approximate surface area is 171 Å². The Kier molecular flexibility index (Phi) is 5.94. The van der Waals surface area contributed by atoms with Crippen LogP contribution in [-0.2, 0) is 24.1 Å². The molecule has 2 aromatic heterocycles. The Morgan fingerprint density at radius 2 is 1.72 bits per heavy atom. The van der Waals surface area contributed by atoms with Gasteiger partial charge in [-0.1, -0.05) is 30.3 Å². The smallest absolute Gasteiger partial charge is 0.180 e. The SMILES string of the molecule is CC(=O)CCCc1cc(N2CCc3ccccc3CC2)nc(-c2ccccn2)n1. The number of carbonyl (C=O) groups excluding carboxylic acids is 1. The zero-order valence-corrected chi connectivity index (χ0v) is 16.8. The van der Waals surface area contributed by atoms with Gasteiger partial charge in [0.2, 0.25) is 0 Å². The topological polar surface area (TPSA) is 59.0 Å². The maximum atomic E-state index is 11.3.